The summed E-state index contributed by atoms with van der Waals surface area (Å²) in [6.45, 7) is 0. The summed E-state index contributed by atoms with van der Waals surface area (Å²) in [5, 5.41) is 8.91. The van der Waals surface area contributed by atoms with Crippen LogP contribution >= 0.6 is 0 Å². The smallest absolute Gasteiger partial charge is 0.189 e. The first-order chi connectivity index (χ1) is 14.4. The van der Waals surface area contributed by atoms with Crippen molar-refractivity contribution < 1.29 is 17.6 Å². The summed E-state index contributed by atoms with van der Waals surface area (Å²) in [5.74, 6) is -3.67. The van der Waals surface area contributed by atoms with Crippen molar-refractivity contribution in [3.63, 3.8) is 0 Å². The Morgan fingerprint density at radius 3 is 2.33 bits per heavy atom. The summed E-state index contributed by atoms with van der Waals surface area (Å²) in [6, 6.07) is 7.56. The number of rotatable bonds is 2. The van der Waals surface area contributed by atoms with E-state index in [9.17, 15) is 22.4 Å². The first-order valence-corrected chi connectivity index (χ1v) is 8.87. The van der Waals surface area contributed by atoms with Crippen LogP contribution in [0.4, 0.5) is 17.6 Å². The molecule has 1 aromatic heterocycles. The zero-order valence-electron chi connectivity index (χ0n) is 15.3. The molecule has 4 rings (SSSR count). The van der Waals surface area contributed by atoms with E-state index < -0.39 is 34.3 Å². The molecule has 0 N–H and O–H groups in total. The highest BCUT2D eigenvalue weighted by atomic mass is 19.1. The van der Waals surface area contributed by atoms with Gasteiger partial charge >= 0.3 is 0 Å². The third-order valence-electron chi connectivity index (χ3n) is 4.79. The van der Waals surface area contributed by atoms with Crippen molar-refractivity contribution in [3.05, 3.63) is 111 Å². The van der Waals surface area contributed by atoms with E-state index in [0.29, 0.717) is 0 Å². The molecule has 0 fully saturated rings. The molecule has 0 saturated heterocycles. The van der Waals surface area contributed by atoms with E-state index >= 15 is 0 Å². The van der Waals surface area contributed by atoms with Crippen LogP contribution < -0.4 is 5.43 Å². The molecule has 2 heterocycles. The van der Waals surface area contributed by atoms with E-state index in [1.54, 1.807) is 24.3 Å². The summed E-state index contributed by atoms with van der Waals surface area (Å²) >= 11 is 0. The summed E-state index contributed by atoms with van der Waals surface area (Å²) in [4.78, 5) is 12.6. The SMILES string of the molecule is N#Cc1cc(F)c(-c2c3n(ccc2=O)C(c2ccc(F)cc2F)=CC=CC3)c(F)c1. The predicted octanol–water partition coefficient (Wildman–Crippen LogP) is 4.94. The largest absolute Gasteiger partial charge is 0.319 e. The Morgan fingerprint density at radius 2 is 1.67 bits per heavy atom. The highest BCUT2D eigenvalue weighted by molar-refractivity contribution is 5.75. The van der Waals surface area contributed by atoms with Gasteiger partial charge in [0.05, 0.1) is 28.5 Å². The maximum atomic E-state index is 14.7. The van der Waals surface area contributed by atoms with Crippen molar-refractivity contribution in [3.8, 4) is 17.2 Å². The molecule has 0 radical (unpaired) electrons. The Hall–Kier alpha value is -3.92. The molecule has 30 heavy (non-hydrogen) atoms. The number of fused-ring (bicyclic) bond motifs is 1. The Balaban J connectivity index is 2.01. The third kappa shape index (κ3) is 3.22. The third-order valence-corrected chi connectivity index (χ3v) is 4.79. The average Bonchev–Trinajstić information content (AvgIpc) is 2.91. The zero-order valence-corrected chi connectivity index (χ0v) is 15.3. The minimum atomic E-state index is -1.05. The molecule has 0 amide bonds. The van der Waals surface area contributed by atoms with E-state index in [0.717, 1.165) is 30.3 Å². The molecule has 0 spiro atoms. The molecule has 0 atom stereocenters. The van der Waals surface area contributed by atoms with Gasteiger partial charge in [-0.3, -0.25) is 4.79 Å². The fraction of sp³-hybridized carbons (Fsp3) is 0.0435. The van der Waals surface area contributed by atoms with Gasteiger partial charge in [0, 0.05) is 36.0 Å². The van der Waals surface area contributed by atoms with Gasteiger partial charge in [0.25, 0.3) is 0 Å². The Morgan fingerprint density at radius 1 is 0.933 bits per heavy atom. The van der Waals surface area contributed by atoms with Gasteiger partial charge < -0.3 is 4.57 Å². The number of aromatic nitrogens is 1. The molecule has 2 aromatic carbocycles. The second-order valence-corrected chi connectivity index (χ2v) is 6.61. The molecule has 1 aliphatic rings. The fourth-order valence-electron chi connectivity index (χ4n) is 3.48. The van der Waals surface area contributed by atoms with E-state index in [-0.39, 0.29) is 34.5 Å². The average molecular weight is 408 g/mol. The number of pyridine rings is 1. The van der Waals surface area contributed by atoms with Crippen LogP contribution in [0.25, 0.3) is 16.8 Å². The van der Waals surface area contributed by atoms with Gasteiger partial charge in [-0.25, -0.2) is 17.6 Å². The standard InChI is InChI=1S/C23H12F4N2O/c24-14-5-6-15(16(25)11-14)19-3-1-2-4-20-23(21(30)7-8-29(19)20)22-17(26)9-13(12-28)10-18(22)27/h1-3,5-11H,4H2. The van der Waals surface area contributed by atoms with Gasteiger partial charge in [-0.05, 0) is 30.3 Å². The number of hydrogen-bond acceptors (Lipinski definition) is 2. The van der Waals surface area contributed by atoms with Gasteiger partial charge in [0.15, 0.2) is 5.43 Å². The molecule has 1 aliphatic heterocycles. The van der Waals surface area contributed by atoms with Crippen LogP contribution in [0.1, 0.15) is 16.8 Å². The van der Waals surface area contributed by atoms with Gasteiger partial charge in [0.2, 0.25) is 0 Å². The van der Waals surface area contributed by atoms with Gasteiger partial charge in [-0.15, -0.1) is 0 Å². The summed E-state index contributed by atoms with van der Waals surface area (Å²) in [7, 11) is 0. The van der Waals surface area contributed by atoms with Crippen molar-refractivity contribution in [2.45, 2.75) is 6.42 Å². The number of benzene rings is 2. The van der Waals surface area contributed by atoms with Crippen molar-refractivity contribution in [1.82, 2.24) is 4.57 Å². The van der Waals surface area contributed by atoms with Crippen LogP contribution in [0, 0.1) is 34.6 Å². The van der Waals surface area contributed by atoms with Crippen LogP contribution in [0.15, 0.2) is 65.6 Å². The molecule has 0 aliphatic carbocycles. The number of nitriles is 1. The Kier molecular flexibility index (Phi) is 4.84. The lowest BCUT2D eigenvalue weighted by molar-refractivity contribution is 0.579. The van der Waals surface area contributed by atoms with Crippen LogP contribution in [0.2, 0.25) is 0 Å². The summed E-state index contributed by atoms with van der Waals surface area (Å²) < 4.78 is 58.6. The first-order valence-electron chi connectivity index (χ1n) is 8.87. The maximum absolute atomic E-state index is 14.7. The minimum absolute atomic E-state index is 0.0552. The number of hydrogen-bond donors (Lipinski definition) is 0. The highest BCUT2D eigenvalue weighted by Crippen LogP contribution is 2.32. The van der Waals surface area contributed by atoms with E-state index in [2.05, 4.69) is 0 Å². The summed E-state index contributed by atoms with van der Waals surface area (Å²) in [5.41, 5.74) is -1.07. The van der Waals surface area contributed by atoms with Crippen molar-refractivity contribution in [2.24, 2.45) is 0 Å². The highest BCUT2D eigenvalue weighted by Gasteiger charge is 2.23. The lowest BCUT2D eigenvalue weighted by Crippen LogP contribution is -2.17. The van der Waals surface area contributed by atoms with Gasteiger partial charge in [-0.1, -0.05) is 12.2 Å². The molecular formula is C23H12F4N2O. The molecule has 3 nitrogen and oxygen atoms in total. The van der Waals surface area contributed by atoms with E-state index in [4.69, 9.17) is 5.26 Å². The predicted molar refractivity (Wildman–Crippen MR) is 103 cm³/mol. The molecule has 0 saturated carbocycles. The topological polar surface area (TPSA) is 45.8 Å². The quantitative estimate of drug-likeness (QED) is 0.564. The fourth-order valence-corrected chi connectivity index (χ4v) is 3.48. The van der Waals surface area contributed by atoms with Crippen LogP contribution in [-0.2, 0) is 6.42 Å². The second kappa shape index (κ2) is 7.48. The van der Waals surface area contributed by atoms with Crippen LogP contribution in [0.5, 0.6) is 0 Å². The zero-order chi connectivity index (χ0) is 21.4. The lowest BCUT2D eigenvalue weighted by atomic mass is 9.98. The van der Waals surface area contributed by atoms with Gasteiger partial charge in [0.1, 0.15) is 23.3 Å². The minimum Gasteiger partial charge on any atom is -0.319 e. The van der Waals surface area contributed by atoms with E-state index in [1.165, 1.54) is 16.8 Å². The molecule has 148 valence electrons. The van der Waals surface area contributed by atoms with E-state index in [1.807, 2.05) is 0 Å². The van der Waals surface area contributed by atoms with Gasteiger partial charge in [-0.2, -0.15) is 5.26 Å². The molecule has 3 aromatic rings. The second-order valence-electron chi connectivity index (χ2n) is 6.61. The molecule has 7 heteroatoms. The van der Waals surface area contributed by atoms with Crippen molar-refractivity contribution >= 4 is 5.70 Å². The number of halogens is 4. The normalized spacial score (nSPS) is 12.7. The molecule has 0 unspecified atom stereocenters. The Labute approximate surface area is 168 Å². The maximum Gasteiger partial charge on any atom is 0.189 e. The summed E-state index contributed by atoms with van der Waals surface area (Å²) in [6.07, 6.45) is 6.34. The Bertz CT molecular complexity index is 1320. The van der Waals surface area contributed by atoms with Crippen LogP contribution in [-0.4, -0.2) is 4.57 Å². The lowest BCUT2D eigenvalue weighted by Gasteiger charge is -2.19. The van der Waals surface area contributed by atoms with Crippen LogP contribution in [0.3, 0.4) is 0 Å². The first kappa shape index (κ1) is 19.4. The number of allylic oxidation sites excluding steroid dienone is 3. The van der Waals surface area contributed by atoms with Crippen molar-refractivity contribution in [1.29, 1.82) is 5.26 Å². The molecular weight excluding hydrogens is 396 g/mol. The number of nitrogens with zero attached hydrogens (tertiary/aromatic N) is 2. The molecule has 0 bridgehead atoms. The van der Waals surface area contributed by atoms with Crippen molar-refractivity contribution in [2.75, 3.05) is 0 Å². The monoisotopic (exact) mass is 408 g/mol.